The minimum Gasteiger partial charge on any atom is -0.356 e. The van der Waals surface area contributed by atoms with Crippen LogP contribution >= 0.6 is 24.0 Å². The van der Waals surface area contributed by atoms with Gasteiger partial charge in [0, 0.05) is 39.3 Å². The number of guanidine groups is 1. The second kappa shape index (κ2) is 10.5. The fourth-order valence-electron chi connectivity index (χ4n) is 5.03. The Morgan fingerprint density at radius 2 is 1.75 bits per heavy atom. The van der Waals surface area contributed by atoms with Gasteiger partial charge in [0.2, 0.25) is 11.8 Å². The summed E-state index contributed by atoms with van der Waals surface area (Å²) in [6, 6.07) is 7.51. The molecule has 4 unspecified atom stereocenters. The highest BCUT2D eigenvalue weighted by Gasteiger charge is 2.58. The van der Waals surface area contributed by atoms with Crippen molar-refractivity contribution in [3.63, 3.8) is 0 Å². The Labute approximate surface area is 205 Å². The Morgan fingerprint density at radius 1 is 1.09 bits per heavy atom. The highest BCUT2D eigenvalue weighted by molar-refractivity contribution is 14.0. The normalized spacial score (nSPS) is 25.6. The third-order valence-electron chi connectivity index (χ3n) is 6.54. The lowest BCUT2D eigenvalue weighted by atomic mass is 9.85. The number of hydrogen-bond acceptors (Lipinski definition) is 4. The molecule has 4 rings (SSSR count). The molecule has 9 heteroatoms. The van der Waals surface area contributed by atoms with E-state index in [2.05, 4.69) is 33.1 Å². The Kier molecular flexibility index (Phi) is 7.91. The Morgan fingerprint density at radius 3 is 2.38 bits per heavy atom. The number of amides is 3. The van der Waals surface area contributed by atoms with Gasteiger partial charge in [0.25, 0.3) is 5.91 Å². The molecule has 0 spiro atoms. The van der Waals surface area contributed by atoms with E-state index in [9.17, 15) is 14.4 Å². The Hall–Kier alpha value is -2.43. The number of allylic oxidation sites excluding steroid dienone is 2. The van der Waals surface area contributed by atoms with Crippen LogP contribution in [0.4, 0.5) is 0 Å². The summed E-state index contributed by atoms with van der Waals surface area (Å²) < 4.78 is 0. The molecule has 3 amide bonds. The van der Waals surface area contributed by atoms with E-state index in [0.29, 0.717) is 31.2 Å². The Balaban J connectivity index is 0.00000289. The lowest BCUT2D eigenvalue weighted by Gasteiger charge is -2.18. The molecule has 1 saturated heterocycles. The van der Waals surface area contributed by atoms with E-state index >= 15 is 0 Å². The van der Waals surface area contributed by atoms with Crippen molar-refractivity contribution in [2.45, 2.75) is 12.8 Å². The monoisotopic (exact) mass is 551 g/mol. The van der Waals surface area contributed by atoms with Gasteiger partial charge in [-0.2, -0.15) is 0 Å². The van der Waals surface area contributed by atoms with Crippen LogP contribution in [-0.4, -0.2) is 62.3 Å². The zero-order valence-electron chi connectivity index (χ0n) is 18.3. The van der Waals surface area contributed by atoms with Gasteiger partial charge in [-0.15, -0.1) is 24.0 Å². The van der Waals surface area contributed by atoms with Crippen LogP contribution in [0.15, 0.2) is 41.4 Å². The molecule has 3 aliphatic rings. The van der Waals surface area contributed by atoms with Crippen molar-refractivity contribution in [1.82, 2.24) is 20.9 Å². The number of fused-ring (bicyclic) bond motifs is 5. The maximum absolute atomic E-state index is 12.7. The number of likely N-dealkylation sites (tertiary alicyclic amines) is 1. The molecule has 1 aromatic rings. The Bertz CT molecular complexity index is 917. The molecule has 172 valence electrons. The van der Waals surface area contributed by atoms with Crippen LogP contribution in [0.25, 0.3) is 0 Å². The first-order valence-electron chi connectivity index (χ1n) is 10.8. The molecule has 1 aromatic carbocycles. The van der Waals surface area contributed by atoms with Gasteiger partial charge in [-0.1, -0.05) is 24.3 Å². The van der Waals surface area contributed by atoms with Crippen LogP contribution in [0.2, 0.25) is 0 Å². The average Bonchev–Trinajstić information content (AvgIpc) is 3.47. The number of nitrogens with zero attached hydrogens (tertiary/aromatic N) is 2. The number of imide groups is 1. The SMILES string of the molecule is CN=C(NCCc1cccc(C(=O)NC)c1)NCCN1C(=O)C2C3C=CC(C3)C2C1=O.I. The highest BCUT2D eigenvalue weighted by Crippen LogP contribution is 2.52. The van der Waals surface area contributed by atoms with Crippen LogP contribution in [-0.2, 0) is 16.0 Å². The van der Waals surface area contributed by atoms with Crippen molar-refractivity contribution in [1.29, 1.82) is 0 Å². The first-order chi connectivity index (χ1) is 15.0. The number of carbonyl (C=O) groups excluding carboxylic acids is 3. The van der Waals surface area contributed by atoms with Crippen molar-refractivity contribution in [2.24, 2.45) is 28.7 Å². The van der Waals surface area contributed by atoms with Crippen LogP contribution in [0.1, 0.15) is 22.3 Å². The summed E-state index contributed by atoms with van der Waals surface area (Å²) in [4.78, 5) is 42.8. The number of benzene rings is 1. The van der Waals surface area contributed by atoms with Gasteiger partial charge in [-0.05, 0) is 42.4 Å². The molecule has 32 heavy (non-hydrogen) atoms. The topological polar surface area (TPSA) is 103 Å². The largest absolute Gasteiger partial charge is 0.356 e. The summed E-state index contributed by atoms with van der Waals surface area (Å²) in [5.74, 6) is 0.646. The summed E-state index contributed by atoms with van der Waals surface area (Å²) in [6.45, 7) is 1.43. The quantitative estimate of drug-likeness (QED) is 0.155. The molecule has 1 heterocycles. The van der Waals surface area contributed by atoms with E-state index < -0.39 is 0 Å². The first-order valence-corrected chi connectivity index (χ1v) is 10.8. The van der Waals surface area contributed by atoms with Gasteiger partial charge in [0.1, 0.15) is 0 Å². The molecule has 0 radical (unpaired) electrons. The van der Waals surface area contributed by atoms with Crippen LogP contribution in [0.3, 0.4) is 0 Å². The zero-order chi connectivity index (χ0) is 22.0. The van der Waals surface area contributed by atoms with E-state index in [-0.39, 0.29) is 65.4 Å². The number of carbonyl (C=O) groups is 3. The lowest BCUT2D eigenvalue weighted by molar-refractivity contribution is -0.140. The fraction of sp³-hybridized carbons (Fsp3) is 0.478. The molecule has 8 nitrogen and oxygen atoms in total. The number of halogens is 1. The van der Waals surface area contributed by atoms with Gasteiger partial charge in [-0.25, -0.2) is 0 Å². The van der Waals surface area contributed by atoms with E-state index in [1.807, 2.05) is 18.2 Å². The number of aliphatic imine (C=N–C) groups is 1. The second-order valence-corrected chi connectivity index (χ2v) is 8.28. The highest BCUT2D eigenvalue weighted by atomic mass is 127. The molecule has 2 bridgehead atoms. The van der Waals surface area contributed by atoms with Crippen LogP contribution in [0.5, 0.6) is 0 Å². The smallest absolute Gasteiger partial charge is 0.251 e. The average molecular weight is 551 g/mol. The van der Waals surface area contributed by atoms with E-state index in [4.69, 9.17) is 0 Å². The third kappa shape index (κ3) is 4.67. The van der Waals surface area contributed by atoms with Gasteiger partial charge in [-0.3, -0.25) is 24.3 Å². The summed E-state index contributed by atoms with van der Waals surface area (Å²) in [5.41, 5.74) is 1.68. The third-order valence-corrected chi connectivity index (χ3v) is 6.54. The van der Waals surface area contributed by atoms with Crippen molar-refractivity contribution < 1.29 is 14.4 Å². The minimum absolute atomic E-state index is 0. The zero-order valence-corrected chi connectivity index (χ0v) is 20.7. The molecule has 1 saturated carbocycles. The first kappa shape index (κ1) is 24.2. The van der Waals surface area contributed by atoms with E-state index in [0.717, 1.165) is 18.4 Å². The molecule has 2 fully saturated rings. The van der Waals surface area contributed by atoms with Crippen molar-refractivity contribution in [2.75, 3.05) is 33.7 Å². The molecule has 3 N–H and O–H groups in total. The summed E-state index contributed by atoms with van der Waals surface area (Å²) in [5, 5.41) is 9.04. The van der Waals surface area contributed by atoms with Crippen molar-refractivity contribution in [3.8, 4) is 0 Å². The van der Waals surface area contributed by atoms with Gasteiger partial charge < -0.3 is 16.0 Å². The maximum Gasteiger partial charge on any atom is 0.251 e. The molecule has 4 atom stereocenters. The van der Waals surface area contributed by atoms with Gasteiger partial charge >= 0.3 is 0 Å². The van der Waals surface area contributed by atoms with E-state index in [1.54, 1.807) is 20.2 Å². The predicted octanol–water partition coefficient (Wildman–Crippen LogP) is 1.18. The maximum atomic E-state index is 12.7. The van der Waals surface area contributed by atoms with Crippen molar-refractivity contribution in [3.05, 3.63) is 47.5 Å². The molecule has 1 aliphatic heterocycles. The van der Waals surface area contributed by atoms with Crippen molar-refractivity contribution >= 4 is 47.7 Å². The number of nitrogens with one attached hydrogen (secondary N) is 3. The van der Waals surface area contributed by atoms with Crippen LogP contribution in [0, 0.1) is 23.7 Å². The lowest BCUT2D eigenvalue weighted by Crippen LogP contribution is -2.44. The number of hydrogen-bond donors (Lipinski definition) is 3. The molecular weight excluding hydrogens is 521 g/mol. The summed E-state index contributed by atoms with van der Waals surface area (Å²) >= 11 is 0. The standard InChI is InChI=1S/C23H29N5O3.HI/c1-24-20(29)17-5-3-4-14(12-17)8-9-26-23(25-2)27-10-11-28-21(30)18-15-6-7-16(13-15)19(18)22(28)31;/h3-7,12,15-16,18-19H,8-11,13H2,1-2H3,(H,24,29)(H2,25,26,27);1H. The molecular formula is C23H30IN5O3. The molecule has 2 aliphatic carbocycles. The second-order valence-electron chi connectivity index (χ2n) is 8.28. The number of rotatable bonds is 7. The predicted molar refractivity (Wildman–Crippen MR) is 133 cm³/mol. The summed E-state index contributed by atoms with van der Waals surface area (Å²) in [7, 11) is 3.30. The molecule has 0 aromatic heterocycles. The summed E-state index contributed by atoms with van der Waals surface area (Å²) in [6.07, 6.45) is 5.89. The van der Waals surface area contributed by atoms with Gasteiger partial charge in [0.05, 0.1) is 11.8 Å². The minimum atomic E-state index is -0.148. The fourth-order valence-corrected chi connectivity index (χ4v) is 5.03. The van der Waals surface area contributed by atoms with Gasteiger partial charge in [0.15, 0.2) is 5.96 Å². The van der Waals surface area contributed by atoms with E-state index in [1.165, 1.54) is 4.90 Å². The van der Waals surface area contributed by atoms with Crippen LogP contribution < -0.4 is 16.0 Å².